The summed E-state index contributed by atoms with van der Waals surface area (Å²) in [5, 5.41) is 0. The molecule has 5 nitrogen and oxygen atoms in total. The van der Waals surface area contributed by atoms with E-state index in [1.54, 1.807) is 11.0 Å². The van der Waals surface area contributed by atoms with Gasteiger partial charge in [-0.3, -0.25) is 0 Å². The molecule has 2 aliphatic heterocycles. The summed E-state index contributed by atoms with van der Waals surface area (Å²) in [5.41, 5.74) is 1.70. The van der Waals surface area contributed by atoms with Crippen molar-refractivity contribution in [1.29, 1.82) is 0 Å². The molecule has 0 bridgehead atoms. The average Bonchev–Trinajstić information content (AvgIpc) is 2.61. The average molecular weight is 389 g/mol. The fraction of sp³-hybridized carbons (Fsp3) is 0.571. The van der Waals surface area contributed by atoms with Crippen LogP contribution in [-0.2, 0) is 14.0 Å². The van der Waals surface area contributed by atoms with Gasteiger partial charge in [0.25, 0.3) is 0 Å². The molecule has 0 atom stereocenters. The molecule has 7 heteroatoms. The van der Waals surface area contributed by atoms with E-state index in [1.165, 1.54) is 6.07 Å². The third kappa shape index (κ3) is 5.14. The molecule has 0 radical (unpaired) electrons. The van der Waals surface area contributed by atoms with E-state index in [2.05, 4.69) is 13.8 Å². The molecule has 0 N–H and O–H groups in total. The molecule has 1 saturated heterocycles. The smallest absolute Gasteiger partial charge is 0.444 e. The van der Waals surface area contributed by atoms with E-state index in [0.29, 0.717) is 38.2 Å². The lowest BCUT2D eigenvalue weighted by Crippen LogP contribution is -2.48. The Labute approximate surface area is 167 Å². The third-order valence-electron chi connectivity index (χ3n) is 4.74. The summed E-state index contributed by atoms with van der Waals surface area (Å²) in [5.74, 6) is -0.335. The van der Waals surface area contributed by atoms with Crippen LogP contribution in [0.4, 0.5) is 9.18 Å². The molecule has 28 heavy (non-hydrogen) atoms. The molecule has 3 rings (SSSR count). The number of benzene rings is 1. The number of ether oxygens (including phenoxy) is 1. The number of carbonyl (C=O) groups is 1. The molecule has 2 heterocycles. The number of amides is 1. The predicted molar refractivity (Wildman–Crippen MR) is 108 cm³/mol. The van der Waals surface area contributed by atoms with Crippen molar-refractivity contribution in [3.8, 4) is 0 Å². The molecule has 0 saturated carbocycles. The van der Waals surface area contributed by atoms with Gasteiger partial charge in [0.05, 0.1) is 0 Å². The van der Waals surface area contributed by atoms with Crippen molar-refractivity contribution in [2.75, 3.05) is 26.3 Å². The molecular formula is C21H29BFNO4. The van der Waals surface area contributed by atoms with E-state index in [9.17, 15) is 9.18 Å². The van der Waals surface area contributed by atoms with Crippen LogP contribution in [0.3, 0.4) is 0 Å². The van der Waals surface area contributed by atoms with Crippen molar-refractivity contribution in [3.05, 3.63) is 35.7 Å². The normalized spacial score (nSPS) is 20.0. The first-order chi connectivity index (χ1) is 13.0. The van der Waals surface area contributed by atoms with Gasteiger partial charge in [-0.25, -0.2) is 9.18 Å². The first-order valence-electron chi connectivity index (χ1n) is 9.74. The van der Waals surface area contributed by atoms with Crippen LogP contribution in [0.15, 0.2) is 24.3 Å². The van der Waals surface area contributed by atoms with Crippen LogP contribution in [0.1, 0.15) is 46.6 Å². The van der Waals surface area contributed by atoms with Gasteiger partial charge in [-0.2, -0.15) is 0 Å². The van der Waals surface area contributed by atoms with Gasteiger partial charge in [-0.05, 0) is 44.4 Å². The molecule has 1 aromatic carbocycles. The maximum atomic E-state index is 14.7. The van der Waals surface area contributed by atoms with Crippen molar-refractivity contribution in [2.24, 2.45) is 5.41 Å². The fourth-order valence-corrected chi connectivity index (χ4v) is 3.21. The van der Waals surface area contributed by atoms with Crippen molar-refractivity contribution in [3.63, 3.8) is 0 Å². The molecule has 0 aliphatic carbocycles. The van der Waals surface area contributed by atoms with Crippen LogP contribution < -0.4 is 5.46 Å². The van der Waals surface area contributed by atoms with E-state index in [1.807, 2.05) is 32.9 Å². The zero-order valence-corrected chi connectivity index (χ0v) is 17.4. The summed E-state index contributed by atoms with van der Waals surface area (Å²) in [6.07, 6.45) is 2.29. The minimum absolute atomic E-state index is 0.0557. The maximum Gasteiger partial charge on any atom is 0.496 e. The molecule has 0 unspecified atom stereocenters. The molecule has 1 amide bonds. The van der Waals surface area contributed by atoms with Gasteiger partial charge in [0.1, 0.15) is 11.4 Å². The Kier molecular flexibility index (Phi) is 5.87. The van der Waals surface area contributed by atoms with E-state index in [4.69, 9.17) is 14.0 Å². The molecule has 152 valence electrons. The highest BCUT2D eigenvalue weighted by molar-refractivity contribution is 6.61. The number of hydrogen-bond donors (Lipinski definition) is 0. The van der Waals surface area contributed by atoms with Crippen LogP contribution in [0.2, 0.25) is 0 Å². The molecular weight excluding hydrogens is 360 g/mol. The first kappa shape index (κ1) is 20.9. The zero-order chi connectivity index (χ0) is 20.5. The van der Waals surface area contributed by atoms with Crippen molar-refractivity contribution >= 4 is 24.2 Å². The van der Waals surface area contributed by atoms with Gasteiger partial charge in [-0.15, -0.1) is 0 Å². The Morgan fingerprint density at radius 2 is 1.93 bits per heavy atom. The lowest BCUT2D eigenvalue weighted by atomic mass is 9.75. The second-order valence-corrected chi connectivity index (χ2v) is 9.26. The molecule has 0 spiro atoms. The summed E-state index contributed by atoms with van der Waals surface area (Å²) < 4.78 is 31.5. The topological polar surface area (TPSA) is 48.0 Å². The lowest BCUT2D eigenvalue weighted by Gasteiger charge is -2.33. The van der Waals surface area contributed by atoms with Gasteiger partial charge in [-0.1, -0.05) is 32.1 Å². The van der Waals surface area contributed by atoms with Crippen molar-refractivity contribution < 1.29 is 23.2 Å². The summed E-state index contributed by atoms with van der Waals surface area (Å²) in [4.78, 5) is 13.8. The largest absolute Gasteiger partial charge is 0.496 e. The van der Waals surface area contributed by atoms with Gasteiger partial charge < -0.3 is 18.9 Å². The number of carbonyl (C=O) groups excluding carboxylic acids is 1. The predicted octanol–water partition coefficient (Wildman–Crippen LogP) is 3.62. The minimum atomic E-state index is -0.662. The Bertz CT molecular complexity index is 762. The third-order valence-corrected chi connectivity index (χ3v) is 4.74. The molecule has 2 aliphatic rings. The zero-order valence-electron chi connectivity index (χ0n) is 17.4. The molecule has 1 fully saturated rings. The summed E-state index contributed by atoms with van der Waals surface area (Å²) in [6, 6.07) is 5.14. The second-order valence-electron chi connectivity index (χ2n) is 9.26. The summed E-state index contributed by atoms with van der Waals surface area (Å²) in [7, 11) is -0.662. The molecule has 1 aromatic rings. The molecule has 0 aromatic heterocycles. The van der Waals surface area contributed by atoms with E-state index < -0.39 is 12.7 Å². The SMILES string of the molecule is CC1(C)COB(c2ccc(C3=CCN(C(=O)OC(C)(C)C)CC3)cc2F)OC1. The Morgan fingerprint density at radius 3 is 2.46 bits per heavy atom. The van der Waals surface area contributed by atoms with Crippen LogP contribution >= 0.6 is 0 Å². The standard InChI is InChI=1S/C21H29BFNO4/c1-20(2,3)28-19(25)24-10-8-15(9-11-24)16-6-7-17(18(23)12-16)22-26-13-21(4,5)14-27-22/h6-8,12H,9-11,13-14H2,1-5H3. The van der Waals surface area contributed by atoms with Crippen LogP contribution in [0, 0.1) is 11.2 Å². The second kappa shape index (κ2) is 7.87. The van der Waals surface area contributed by atoms with E-state index in [0.717, 1.165) is 11.1 Å². The van der Waals surface area contributed by atoms with Crippen LogP contribution in [0.25, 0.3) is 5.57 Å². The summed E-state index contributed by atoms with van der Waals surface area (Å²) >= 11 is 0. The highest BCUT2D eigenvalue weighted by Crippen LogP contribution is 2.25. The monoisotopic (exact) mass is 389 g/mol. The van der Waals surface area contributed by atoms with Crippen molar-refractivity contribution in [2.45, 2.75) is 46.6 Å². The highest BCUT2D eigenvalue weighted by atomic mass is 19.1. The van der Waals surface area contributed by atoms with Crippen LogP contribution in [-0.4, -0.2) is 50.0 Å². The number of rotatable bonds is 2. The maximum absolute atomic E-state index is 14.7. The Balaban J connectivity index is 1.65. The van der Waals surface area contributed by atoms with Gasteiger partial charge >= 0.3 is 13.2 Å². The fourth-order valence-electron chi connectivity index (χ4n) is 3.21. The first-order valence-corrected chi connectivity index (χ1v) is 9.74. The minimum Gasteiger partial charge on any atom is -0.444 e. The summed E-state index contributed by atoms with van der Waals surface area (Å²) in [6.45, 7) is 11.7. The quantitative estimate of drug-likeness (QED) is 0.725. The highest BCUT2D eigenvalue weighted by Gasteiger charge is 2.35. The Morgan fingerprint density at radius 1 is 1.25 bits per heavy atom. The van der Waals surface area contributed by atoms with E-state index >= 15 is 0 Å². The van der Waals surface area contributed by atoms with Gasteiger partial charge in [0.2, 0.25) is 0 Å². The van der Waals surface area contributed by atoms with Crippen molar-refractivity contribution in [1.82, 2.24) is 4.90 Å². The Hall–Kier alpha value is -1.86. The van der Waals surface area contributed by atoms with E-state index in [-0.39, 0.29) is 17.3 Å². The number of hydrogen-bond acceptors (Lipinski definition) is 4. The van der Waals surface area contributed by atoms with Gasteiger partial charge in [0, 0.05) is 37.2 Å². The van der Waals surface area contributed by atoms with Crippen LogP contribution in [0.5, 0.6) is 0 Å². The van der Waals surface area contributed by atoms with Gasteiger partial charge in [0.15, 0.2) is 0 Å². The number of nitrogens with zero attached hydrogens (tertiary/aromatic N) is 1. The lowest BCUT2D eigenvalue weighted by molar-refractivity contribution is 0.0270. The number of halogens is 1.